The number of alkyl halides is 3. The standard InChI is InChI=1S/C17H16ClF3N4O7/c1-30-14(28)16(15(29)31-2)9-10(32-24-16)13(27)25(12(9)26)4-3-22-11-8(18)5-7(6-23-11)17(19,20)21/h5-6,9-10,24H,3-4H2,1-2H3,(H,22,23)/t9-,10-/m1/s1. The van der Waals surface area contributed by atoms with Crippen molar-refractivity contribution in [2.45, 2.75) is 17.8 Å². The number of ether oxygens (including phenoxy) is 2. The van der Waals surface area contributed by atoms with E-state index in [9.17, 15) is 32.3 Å². The first-order valence-electron chi connectivity index (χ1n) is 8.90. The Morgan fingerprint density at radius 2 is 1.91 bits per heavy atom. The molecule has 174 valence electrons. The number of nitrogens with zero attached hydrogens (tertiary/aromatic N) is 2. The Hall–Kier alpha value is -2.97. The third-order valence-electron chi connectivity index (χ3n) is 4.97. The number of fused-ring (bicyclic) bond motifs is 1. The van der Waals surface area contributed by atoms with Crippen LogP contribution in [0.4, 0.5) is 19.0 Å². The van der Waals surface area contributed by atoms with Crippen LogP contribution in [0.25, 0.3) is 0 Å². The van der Waals surface area contributed by atoms with E-state index in [2.05, 4.69) is 25.3 Å². The van der Waals surface area contributed by atoms with Gasteiger partial charge in [-0.1, -0.05) is 11.6 Å². The smallest absolute Gasteiger partial charge is 0.417 e. The predicted molar refractivity (Wildman–Crippen MR) is 97.7 cm³/mol. The van der Waals surface area contributed by atoms with E-state index in [1.165, 1.54) is 0 Å². The van der Waals surface area contributed by atoms with Gasteiger partial charge in [0, 0.05) is 19.3 Å². The molecular formula is C17H16ClF3N4O7. The van der Waals surface area contributed by atoms with E-state index in [1.807, 2.05) is 0 Å². The van der Waals surface area contributed by atoms with Gasteiger partial charge in [-0.3, -0.25) is 19.3 Å². The normalized spacial score (nSPS) is 22.0. The van der Waals surface area contributed by atoms with Crippen LogP contribution in [-0.2, 0) is 39.7 Å². The second kappa shape index (κ2) is 8.52. The van der Waals surface area contributed by atoms with Gasteiger partial charge in [-0.05, 0) is 6.07 Å². The topological polar surface area (TPSA) is 136 Å². The maximum absolute atomic E-state index is 12.9. The molecule has 0 saturated carbocycles. The van der Waals surface area contributed by atoms with Crippen molar-refractivity contribution in [2.75, 3.05) is 32.6 Å². The first kappa shape index (κ1) is 23.7. The monoisotopic (exact) mass is 480 g/mol. The molecule has 0 aromatic carbocycles. The molecular weight excluding hydrogens is 465 g/mol. The van der Waals surface area contributed by atoms with E-state index in [-0.39, 0.29) is 23.9 Å². The molecule has 3 heterocycles. The third-order valence-corrected chi connectivity index (χ3v) is 5.26. The molecule has 0 bridgehead atoms. The molecule has 2 N–H and O–H groups in total. The Balaban J connectivity index is 1.74. The van der Waals surface area contributed by atoms with Crippen LogP contribution >= 0.6 is 11.6 Å². The van der Waals surface area contributed by atoms with Gasteiger partial charge in [0.2, 0.25) is 5.91 Å². The fourth-order valence-electron chi connectivity index (χ4n) is 3.42. The highest BCUT2D eigenvalue weighted by Gasteiger charge is 2.71. The number of hydroxylamine groups is 1. The van der Waals surface area contributed by atoms with Gasteiger partial charge < -0.3 is 14.8 Å². The van der Waals surface area contributed by atoms with E-state index >= 15 is 0 Å². The molecule has 2 aliphatic rings. The molecule has 0 radical (unpaired) electrons. The summed E-state index contributed by atoms with van der Waals surface area (Å²) >= 11 is 5.80. The van der Waals surface area contributed by atoms with Crippen LogP contribution in [0.2, 0.25) is 5.02 Å². The van der Waals surface area contributed by atoms with Gasteiger partial charge in [-0.2, -0.15) is 18.7 Å². The van der Waals surface area contributed by atoms with Crippen LogP contribution in [0.5, 0.6) is 0 Å². The van der Waals surface area contributed by atoms with Gasteiger partial charge in [0.25, 0.3) is 11.4 Å². The van der Waals surface area contributed by atoms with Crippen molar-refractivity contribution in [3.8, 4) is 0 Å². The molecule has 2 saturated heterocycles. The zero-order valence-electron chi connectivity index (χ0n) is 16.5. The highest BCUT2D eigenvalue weighted by Crippen LogP contribution is 2.39. The number of hydrogen-bond donors (Lipinski definition) is 2. The highest BCUT2D eigenvalue weighted by molar-refractivity contribution is 6.33. The number of carbonyl (C=O) groups is 4. The van der Waals surface area contributed by atoms with Crippen molar-refractivity contribution in [1.29, 1.82) is 0 Å². The molecule has 1 aromatic heterocycles. The summed E-state index contributed by atoms with van der Waals surface area (Å²) in [6, 6.07) is 0.675. The van der Waals surface area contributed by atoms with Crippen molar-refractivity contribution in [3.05, 3.63) is 22.8 Å². The van der Waals surface area contributed by atoms with E-state index < -0.39 is 53.1 Å². The number of aromatic nitrogens is 1. The fraction of sp³-hybridized carbons (Fsp3) is 0.471. The van der Waals surface area contributed by atoms with Crippen LogP contribution in [0.3, 0.4) is 0 Å². The van der Waals surface area contributed by atoms with Crippen LogP contribution in [0.15, 0.2) is 12.3 Å². The lowest BCUT2D eigenvalue weighted by molar-refractivity contribution is -0.171. The van der Waals surface area contributed by atoms with Gasteiger partial charge in [-0.25, -0.2) is 14.6 Å². The largest absolute Gasteiger partial charge is 0.467 e. The number of imide groups is 1. The number of methoxy groups -OCH3 is 2. The number of hydrogen-bond acceptors (Lipinski definition) is 10. The molecule has 2 atom stereocenters. The molecule has 32 heavy (non-hydrogen) atoms. The van der Waals surface area contributed by atoms with E-state index in [0.29, 0.717) is 12.3 Å². The van der Waals surface area contributed by atoms with Crippen molar-refractivity contribution >= 4 is 41.2 Å². The lowest BCUT2D eigenvalue weighted by Gasteiger charge is -2.26. The number of nitrogens with one attached hydrogen (secondary N) is 2. The minimum Gasteiger partial charge on any atom is -0.467 e. The summed E-state index contributed by atoms with van der Waals surface area (Å²) in [7, 11) is 1.96. The highest BCUT2D eigenvalue weighted by atomic mass is 35.5. The number of halogens is 4. The second-order valence-electron chi connectivity index (χ2n) is 6.72. The molecule has 0 unspecified atom stereocenters. The molecule has 0 aliphatic carbocycles. The number of esters is 2. The Labute approximate surface area is 183 Å². The van der Waals surface area contributed by atoms with Gasteiger partial charge >= 0.3 is 18.1 Å². The van der Waals surface area contributed by atoms with Crippen LogP contribution in [-0.4, -0.2) is 72.6 Å². The SMILES string of the molecule is COC(=O)C1(C(=O)OC)NO[C@H]2C(=O)N(CCNc3ncc(C(F)(F)F)cc3Cl)C(=O)[C@@H]21. The number of rotatable bonds is 6. The molecule has 2 aliphatic heterocycles. The molecule has 0 spiro atoms. The first-order chi connectivity index (χ1) is 15.0. The Morgan fingerprint density at radius 3 is 2.44 bits per heavy atom. The summed E-state index contributed by atoms with van der Waals surface area (Å²) in [6.07, 6.45) is -5.54. The van der Waals surface area contributed by atoms with E-state index in [4.69, 9.17) is 16.4 Å². The van der Waals surface area contributed by atoms with Crippen LogP contribution in [0.1, 0.15) is 5.56 Å². The number of anilines is 1. The van der Waals surface area contributed by atoms with Crippen LogP contribution < -0.4 is 10.8 Å². The summed E-state index contributed by atoms with van der Waals surface area (Å²) in [5.74, 6) is -5.79. The maximum atomic E-state index is 12.9. The van der Waals surface area contributed by atoms with Crippen molar-refractivity contribution in [3.63, 3.8) is 0 Å². The first-order valence-corrected chi connectivity index (χ1v) is 9.28. The van der Waals surface area contributed by atoms with Crippen molar-refractivity contribution in [2.24, 2.45) is 5.92 Å². The summed E-state index contributed by atoms with van der Waals surface area (Å²) in [5.41, 5.74) is -1.31. The number of amides is 2. The van der Waals surface area contributed by atoms with Crippen LogP contribution in [0, 0.1) is 5.92 Å². The Kier molecular flexibility index (Phi) is 6.31. The molecule has 2 fully saturated rings. The fourth-order valence-corrected chi connectivity index (χ4v) is 3.66. The minimum absolute atomic E-state index is 0.102. The number of pyridine rings is 1. The summed E-state index contributed by atoms with van der Waals surface area (Å²) in [4.78, 5) is 59.5. The molecule has 11 nitrogen and oxygen atoms in total. The van der Waals surface area contributed by atoms with Gasteiger partial charge in [-0.15, -0.1) is 0 Å². The predicted octanol–water partition coefficient (Wildman–Crippen LogP) is 0.139. The Bertz CT molecular complexity index is 958. The summed E-state index contributed by atoms with van der Waals surface area (Å²) in [5, 5.41) is 2.30. The second-order valence-corrected chi connectivity index (χ2v) is 7.12. The lowest BCUT2D eigenvalue weighted by Crippen LogP contribution is -2.61. The molecule has 2 amide bonds. The van der Waals surface area contributed by atoms with Crippen molar-refractivity contribution in [1.82, 2.24) is 15.4 Å². The van der Waals surface area contributed by atoms with Crippen molar-refractivity contribution < 1.29 is 46.7 Å². The third kappa shape index (κ3) is 3.73. The molecule has 1 aromatic rings. The van der Waals surface area contributed by atoms with E-state index in [0.717, 1.165) is 19.1 Å². The average molecular weight is 481 g/mol. The average Bonchev–Trinajstić information content (AvgIpc) is 3.26. The Morgan fingerprint density at radius 1 is 1.28 bits per heavy atom. The lowest BCUT2D eigenvalue weighted by atomic mass is 9.83. The van der Waals surface area contributed by atoms with Gasteiger partial charge in [0.05, 0.1) is 24.8 Å². The zero-order chi connectivity index (χ0) is 23.8. The molecule has 3 rings (SSSR count). The quantitative estimate of drug-likeness (QED) is 0.328. The zero-order valence-corrected chi connectivity index (χ0v) is 17.2. The van der Waals surface area contributed by atoms with Gasteiger partial charge in [0.15, 0.2) is 6.10 Å². The summed E-state index contributed by atoms with van der Waals surface area (Å²) < 4.78 is 47.3. The van der Waals surface area contributed by atoms with Gasteiger partial charge in [0.1, 0.15) is 11.7 Å². The molecule has 15 heteroatoms. The number of likely N-dealkylation sites (tertiary alicyclic amines) is 1. The summed E-state index contributed by atoms with van der Waals surface area (Å²) in [6.45, 7) is -0.433. The minimum atomic E-state index is -4.62. The maximum Gasteiger partial charge on any atom is 0.417 e. The number of carbonyl (C=O) groups excluding carboxylic acids is 4. The van der Waals surface area contributed by atoms with E-state index in [1.54, 1.807) is 0 Å².